The fraction of sp³-hybridized carbons (Fsp3) is 0.318. The summed E-state index contributed by atoms with van der Waals surface area (Å²) in [5, 5.41) is 10.9. The van der Waals surface area contributed by atoms with Gasteiger partial charge in [-0.25, -0.2) is 0 Å². The maximum absolute atomic E-state index is 12.6. The molecule has 1 saturated heterocycles. The molecular formula is C22H26ClN5O. The van der Waals surface area contributed by atoms with Crippen LogP contribution in [0.5, 0.6) is 0 Å². The van der Waals surface area contributed by atoms with Crippen molar-refractivity contribution in [3.05, 3.63) is 72.3 Å². The number of carbonyl (C=O) groups excluding carboxylic acids is 1. The van der Waals surface area contributed by atoms with Gasteiger partial charge in [-0.05, 0) is 61.2 Å². The average Bonchev–Trinajstić information content (AvgIpc) is 3.26. The third-order valence-electron chi connectivity index (χ3n) is 5.26. The summed E-state index contributed by atoms with van der Waals surface area (Å²) in [4.78, 5) is 16.7. The number of rotatable bonds is 5. The Labute approximate surface area is 177 Å². The number of piperidine rings is 1. The van der Waals surface area contributed by atoms with E-state index in [1.54, 1.807) is 18.5 Å². The molecule has 0 saturated carbocycles. The Balaban J connectivity index is 0.00000240. The summed E-state index contributed by atoms with van der Waals surface area (Å²) in [5.41, 5.74) is 3.78. The molecule has 0 bridgehead atoms. The summed E-state index contributed by atoms with van der Waals surface area (Å²) < 4.78 is 1.91. The van der Waals surface area contributed by atoms with E-state index in [9.17, 15) is 4.79 Å². The Kier molecular flexibility index (Phi) is 7.01. The number of hydrogen-bond donors (Lipinski definition) is 2. The van der Waals surface area contributed by atoms with Gasteiger partial charge in [0, 0.05) is 25.1 Å². The molecule has 2 N–H and O–H groups in total. The summed E-state index contributed by atoms with van der Waals surface area (Å²) in [6.45, 7) is 3.95. The zero-order chi connectivity index (χ0) is 19.3. The molecule has 6 nitrogen and oxygen atoms in total. The van der Waals surface area contributed by atoms with E-state index < -0.39 is 0 Å². The minimum absolute atomic E-state index is 0. The van der Waals surface area contributed by atoms with Crippen molar-refractivity contribution >= 4 is 18.3 Å². The first-order valence-corrected chi connectivity index (χ1v) is 9.78. The zero-order valence-corrected chi connectivity index (χ0v) is 17.2. The van der Waals surface area contributed by atoms with E-state index in [1.165, 1.54) is 0 Å². The molecule has 7 heteroatoms. The highest BCUT2D eigenvalue weighted by Gasteiger charge is 2.19. The van der Waals surface area contributed by atoms with E-state index in [4.69, 9.17) is 0 Å². The van der Waals surface area contributed by atoms with Crippen molar-refractivity contribution in [3.8, 4) is 11.1 Å². The van der Waals surface area contributed by atoms with Crippen molar-refractivity contribution in [1.29, 1.82) is 0 Å². The van der Waals surface area contributed by atoms with Crippen LogP contribution < -0.4 is 10.6 Å². The molecule has 2 aromatic heterocycles. The third-order valence-corrected chi connectivity index (χ3v) is 5.26. The summed E-state index contributed by atoms with van der Waals surface area (Å²) in [6, 6.07) is 14.2. The number of nitrogens with one attached hydrogen (secondary N) is 2. The number of carbonyl (C=O) groups is 1. The third kappa shape index (κ3) is 5.02. The van der Waals surface area contributed by atoms with Gasteiger partial charge in [0.15, 0.2) is 0 Å². The number of aromatic nitrogens is 3. The molecule has 152 valence electrons. The van der Waals surface area contributed by atoms with Gasteiger partial charge in [0.25, 0.3) is 5.91 Å². The van der Waals surface area contributed by atoms with Crippen molar-refractivity contribution in [2.45, 2.75) is 31.8 Å². The first kappa shape index (κ1) is 21.0. The highest BCUT2D eigenvalue weighted by Crippen LogP contribution is 2.22. The predicted octanol–water partition coefficient (Wildman–Crippen LogP) is 3.78. The maximum Gasteiger partial charge on any atom is 0.272 e. The molecule has 2 atom stereocenters. The molecule has 0 radical (unpaired) electrons. The molecule has 29 heavy (non-hydrogen) atoms. The molecule has 3 heterocycles. The molecule has 1 aliphatic heterocycles. The van der Waals surface area contributed by atoms with Crippen LogP contribution in [0.2, 0.25) is 0 Å². The SMILES string of the molecule is CC(NC(=O)c1ccn(C2CCCNC2)n1)c1ccc(-c2ccncc2)cc1.Cl. The number of amides is 1. The maximum atomic E-state index is 12.6. The van der Waals surface area contributed by atoms with E-state index in [2.05, 4.69) is 32.8 Å². The summed E-state index contributed by atoms with van der Waals surface area (Å²) in [6.07, 6.45) is 7.71. The van der Waals surface area contributed by atoms with Crippen molar-refractivity contribution in [2.24, 2.45) is 0 Å². The second kappa shape index (κ2) is 9.67. The Morgan fingerprint density at radius 3 is 2.55 bits per heavy atom. The van der Waals surface area contributed by atoms with Gasteiger partial charge in [0.2, 0.25) is 0 Å². The minimum Gasteiger partial charge on any atom is -0.344 e. The van der Waals surface area contributed by atoms with Gasteiger partial charge >= 0.3 is 0 Å². The van der Waals surface area contributed by atoms with E-state index in [-0.39, 0.29) is 24.4 Å². The number of pyridine rings is 1. The monoisotopic (exact) mass is 411 g/mol. The molecule has 3 aromatic rings. The van der Waals surface area contributed by atoms with Crippen LogP contribution in [0.1, 0.15) is 47.9 Å². The molecule has 0 spiro atoms. The van der Waals surface area contributed by atoms with Crippen LogP contribution >= 0.6 is 12.4 Å². The molecular weight excluding hydrogens is 386 g/mol. The second-order valence-electron chi connectivity index (χ2n) is 7.23. The number of hydrogen-bond acceptors (Lipinski definition) is 4. The lowest BCUT2D eigenvalue weighted by Gasteiger charge is -2.22. The molecule has 4 rings (SSSR count). The van der Waals surface area contributed by atoms with Gasteiger partial charge in [-0.3, -0.25) is 14.5 Å². The van der Waals surface area contributed by atoms with Crippen LogP contribution in [0, 0.1) is 0 Å². The van der Waals surface area contributed by atoms with Crippen LogP contribution in [0.15, 0.2) is 61.1 Å². The van der Waals surface area contributed by atoms with Gasteiger partial charge in [-0.15, -0.1) is 12.4 Å². The Morgan fingerprint density at radius 2 is 1.86 bits per heavy atom. The fourth-order valence-corrected chi connectivity index (χ4v) is 3.58. The first-order valence-electron chi connectivity index (χ1n) is 9.78. The minimum atomic E-state index is -0.145. The van der Waals surface area contributed by atoms with Crippen LogP contribution in [0.4, 0.5) is 0 Å². The van der Waals surface area contributed by atoms with Crippen molar-refractivity contribution in [1.82, 2.24) is 25.4 Å². The van der Waals surface area contributed by atoms with Gasteiger partial charge in [-0.1, -0.05) is 24.3 Å². The van der Waals surface area contributed by atoms with Gasteiger partial charge < -0.3 is 10.6 Å². The van der Waals surface area contributed by atoms with Crippen LogP contribution in [0.25, 0.3) is 11.1 Å². The first-order chi connectivity index (χ1) is 13.7. The van der Waals surface area contributed by atoms with E-state index in [1.807, 2.05) is 42.1 Å². The molecule has 1 aromatic carbocycles. The fourth-order valence-electron chi connectivity index (χ4n) is 3.58. The Hall–Kier alpha value is -2.70. The van der Waals surface area contributed by atoms with Gasteiger partial charge in [0.05, 0.1) is 12.1 Å². The Morgan fingerprint density at radius 1 is 1.14 bits per heavy atom. The highest BCUT2D eigenvalue weighted by atomic mass is 35.5. The number of halogens is 1. The van der Waals surface area contributed by atoms with Crippen LogP contribution in [-0.4, -0.2) is 33.8 Å². The summed E-state index contributed by atoms with van der Waals surface area (Å²) >= 11 is 0. The van der Waals surface area contributed by atoms with Crippen LogP contribution in [0.3, 0.4) is 0 Å². The second-order valence-corrected chi connectivity index (χ2v) is 7.23. The molecule has 1 amide bonds. The van der Waals surface area contributed by atoms with E-state index >= 15 is 0 Å². The molecule has 2 unspecified atom stereocenters. The molecule has 1 fully saturated rings. The Bertz CT molecular complexity index is 920. The number of nitrogens with zero attached hydrogens (tertiary/aromatic N) is 3. The van der Waals surface area contributed by atoms with Gasteiger partial charge in [-0.2, -0.15) is 5.10 Å². The lowest BCUT2D eigenvalue weighted by Crippen LogP contribution is -2.32. The molecule has 0 aliphatic carbocycles. The quantitative estimate of drug-likeness (QED) is 0.670. The van der Waals surface area contributed by atoms with Gasteiger partial charge in [0.1, 0.15) is 5.69 Å². The average molecular weight is 412 g/mol. The summed E-state index contributed by atoms with van der Waals surface area (Å²) in [7, 11) is 0. The van der Waals surface area contributed by atoms with Crippen molar-refractivity contribution in [3.63, 3.8) is 0 Å². The largest absolute Gasteiger partial charge is 0.344 e. The van der Waals surface area contributed by atoms with E-state index in [0.29, 0.717) is 11.7 Å². The predicted molar refractivity (Wildman–Crippen MR) is 116 cm³/mol. The standard InChI is InChI=1S/C22H25N5O.ClH/c1-16(17-4-6-18(7-5-17)19-8-12-23-13-9-19)25-22(28)21-10-14-27(26-21)20-3-2-11-24-15-20;/h4-10,12-14,16,20,24H,2-3,11,15H2,1H3,(H,25,28);1H. The lowest BCUT2D eigenvalue weighted by molar-refractivity contribution is 0.0933. The molecule has 1 aliphatic rings. The topological polar surface area (TPSA) is 71.8 Å². The smallest absolute Gasteiger partial charge is 0.272 e. The summed E-state index contributed by atoms with van der Waals surface area (Å²) in [5.74, 6) is -0.145. The van der Waals surface area contributed by atoms with Crippen LogP contribution in [-0.2, 0) is 0 Å². The normalized spacial score (nSPS) is 17.2. The van der Waals surface area contributed by atoms with E-state index in [0.717, 1.165) is 42.6 Å². The highest BCUT2D eigenvalue weighted by molar-refractivity contribution is 5.92. The van der Waals surface area contributed by atoms with Crippen molar-refractivity contribution in [2.75, 3.05) is 13.1 Å². The zero-order valence-electron chi connectivity index (χ0n) is 16.4. The number of benzene rings is 1. The lowest BCUT2D eigenvalue weighted by atomic mass is 10.0. The van der Waals surface area contributed by atoms with Crippen molar-refractivity contribution < 1.29 is 4.79 Å².